The van der Waals surface area contributed by atoms with E-state index in [0.29, 0.717) is 23.1 Å². The van der Waals surface area contributed by atoms with E-state index in [4.69, 9.17) is 27.9 Å². The van der Waals surface area contributed by atoms with E-state index in [1.807, 2.05) is 0 Å². The van der Waals surface area contributed by atoms with E-state index in [1.54, 1.807) is 18.2 Å². The van der Waals surface area contributed by atoms with Crippen LogP contribution in [-0.2, 0) is 31.7 Å². The quantitative estimate of drug-likeness (QED) is 0.176. The summed E-state index contributed by atoms with van der Waals surface area (Å²) in [5.74, 6) is -1.55. The number of halogens is 7. The van der Waals surface area contributed by atoms with Crippen LogP contribution < -0.4 is 0 Å². The molecule has 3 heterocycles. The van der Waals surface area contributed by atoms with Gasteiger partial charge in [-0.3, -0.25) is 0 Å². The van der Waals surface area contributed by atoms with Crippen molar-refractivity contribution >= 4 is 50.9 Å². The van der Waals surface area contributed by atoms with Gasteiger partial charge in [0.1, 0.15) is 11.4 Å². The second-order valence-electron chi connectivity index (χ2n) is 9.77. The number of alkyl halides is 3. The summed E-state index contributed by atoms with van der Waals surface area (Å²) < 4.78 is 105. The summed E-state index contributed by atoms with van der Waals surface area (Å²) in [5.41, 5.74) is 0.892. The van der Waals surface area contributed by atoms with Crippen molar-refractivity contribution in [1.29, 1.82) is 0 Å². The molecule has 3 aliphatic heterocycles. The van der Waals surface area contributed by atoms with Crippen molar-refractivity contribution in [2.75, 3.05) is 13.1 Å². The van der Waals surface area contributed by atoms with E-state index < -0.39 is 54.6 Å². The summed E-state index contributed by atoms with van der Waals surface area (Å²) in [5, 5.41) is -1.03. The van der Waals surface area contributed by atoms with Gasteiger partial charge in [-0.25, -0.2) is 21.6 Å². The summed E-state index contributed by atoms with van der Waals surface area (Å²) >= 11 is 11.9. The summed E-state index contributed by atoms with van der Waals surface area (Å²) in [6, 6.07) is 11.4. The molecule has 0 N–H and O–H groups in total. The fraction of sp³-hybridized carbons (Fsp3) is 0.269. The molecule has 1 spiro atoms. The topological polar surface area (TPSA) is 59.0 Å². The Morgan fingerprint density at radius 1 is 0.975 bits per heavy atom. The van der Waals surface area contributed by atoms with E-state index in [-0.39, 0.29) is 35.9 Å². The Bertz CT molecular complexity index is 1650. The zero-order valence-electron chi connectivity index (χ0n) is 20.1. The van der Waals surface area contributed by atoms with Gasteiger partial charge < -0.3 is 4.74 Å². The lowest BCUT2D eigenvalue weighted by molar-refractivity contribution is -0.159. The lowest BCUT2D eigenvalue weighted by Gasteiger charge is -2.46. The first-order chi connectivity index (χ1) is 18.8. The van der Waals surface area contributed by atoms with Gasteiger partial charge in [0, 0.05) is 19.5 Å². The Hall–Kier alpha value is -2.22. The van der Waals surface area contributed by atoms with Crippen LogP contribution in [0.1, 0.15) is 28.7 Å². The number of fused-ring (bicyclic) bond motifs is 2. The number of ether oxygens (including phenoxy) is 1. The number of hydrogen-bond donors (Lipinski definition) is 0. The zero-order chi connectivity index (χ0) is 28.7. The standard InChI is InChI=1S/C26H17Cl2F5N2O3S2/c27-20-8-16(9-21(28)23(20)30)25(26(31,32)33)10-22(34-39-25)14-1-6-19-15(7-14)11-38-24(19)12-35(13-24)40(36,37)18-4-2-17(29)3-5-18/h1-9H,10-13H2. The molecule has 3 aromatic carbocycles. The van der Waals surface area contributed by atoms with Crippen molar-refractivity contribution in [2.45, 2.75) is 34.4 Å². The van der Waals surface area contributed by atoms with E-state index in [2.05, 4.69) is 4.40 Å². The zero-order valence-corrected chi connectivity index (χ0v) is 23.3. The van der Waals surface area contributed by atoms with Crippen LogP contribution in [0.4, 0.5) is 22.0 Å². The highest BCUT2D eigenvalue weighted by Crippen LogP contribution is 2.57. The fourth-order valence-electron chi connectivity index (χ4n) is 5.19. The largest absolute Gasteiger partial charge is 0.409 e. The van der Waals surface area contributed by atoms with Gasteiger partial charge in [0.15, 0.2) is 10.6 Å². The van der Waals surface area contributed by atoms with Gasteiger partial charge in [0.2, 0.25) is 10.0 Å². The first kappa shape index (κ1) is 27.9. The molecule has 6 rings (SSSR count). The fourth-order valence-corrected chi connectivity index (χ4v) is 8.17. The van der Waals surface area contributed by atoms with Crippen LogP contribution in [0, 0.1) is 11.6 Å². The van der Waals surface area contributed by atoms with Crippen molar-refractivity contribution in [3.63, 3.8) is 0 Å². The minimum atomic E-state index is -4.76. The second-order valence-corrected chi connectivity index (χ2v) is 13.6. The molecule has 0 bridgehead atoms. The number of nitrogens with zero attached hydrogens (tertiary/aromatic N) is 2. The second kappa shape index (κ2) is 9.40. The van der Waals surface area contributed by atoms with Crippen LogP contribution in [0.25, 0.3) is 0 Å². The Morgan fingerprint density at radius 2 is 1.62 bits per heavy atom. The third kappa shape index (κ3) is 4.26. The smallest absolute Gasteiger partial charge is 0.363 e. The predicted molar refractivity (Wildman–Crippen MR) is 141 cm³/mol. The van der Waals surface area contributed by atoms with E-state index in [1.165, 1.54) is 16.4 Å². The van der Waals surface area contributed by atoms with Crippen molar-refractivity contribution in [3.8, 4) is 0 Å². The van der Waals surface area contributed by atoms with Crippen molar-refractivity contribution in [3.05, 3.63) is 98.5 Å². The Labute approximate surface area is 240 Å². The molecule has 1 atom stereocenters. The summed E-state index contributed by atoms with van der Waals surface area (Å²) in [6.45, 7) is 0.222. The number of rotatable bonds is 4. The number of benzene rings is 3. The van der Waals surface area contributed by atoms with E-state index in [9.17, 15) is 30.4 Å². The van der Waals surface area contributed by atoms with Gasteiger partial charge in [0.25, 0.3) is 0 Å². The Balaban J connectivity index is 1.24. The first-order valence-corrected chi connectivity index (χ1v) is 14.7. The average molecular weight is 635 g/mol. The molecular formula is C26H17Cl2F5N2O3S2. The number of hydrogen-bond acceptors (Lipinski definition) is 5. The molecule has 3 aliphatic rings. The molecule has 14 heteroatoms. The molecule has 1 fully saturated rings. The van der Waals surface area contributed by atoms with Crippen LogP contribution in [0.5, 0.6) is 0 Å². The van der Waals surface area contributed by atoms with Gasteiger partial charge >= 0.3 is 6.18 Å². The van der Waals surface area contributed by atoms with Gasteiger partial charge in [-0.05, 0) is 76.7 Å². The average Bonchev–Trinajstić information content (AvgIpc) is 3.49. The van der Waals surface area contributed by atoms with Crippen molar-refractivity contribution in [2.24, 2.45) is 4.40 Å². The third-order valence-electron chi connectivity index (χ3n) is 7.38. The molecule has 0 radical (unpaired) electrons. The minimum absolute atomic E-state index is 0.0362. The highest BCUT2D eigenvalue weighted by molar-refractivity contribution is 7.99. The molecule has 0 amide bonds. The van der Waals surface area contributed by atoms with Crippen LogP contribution in [0.15, 0.2) is 63.9 Å². The van der Waals surface area contributed by atoms with Gasteiger partial charge in [0.05, 0.1) is 27.3 Å². The maximum atomic E-state index is 14.4. The normalized spacial score (nSPS) is 22.3. The summed E-state index contributed by atoms with van der Waals surface area (Å²) in [6.07, 6.45) is -5.30. The first-order valence-electron chi connectivity index (χ1n) is 11.8. The molecule has 0 saturated carbocycles. The van der Waals surface area contributed by atoms with Gasteiger partial charge in [-0.2, -0.15) is 17.5 Å². The van der Waals surface area contributed by atoms with Gasteiger partial charge in [-0.1, -0.05) is 35.3 Å². The van der Waals surface area contributed by atoms with Crippen LogP contribution in [0.3, 0.4) is 0 Å². The highest BCUT2D eigenvalue weighted by Gasteiger charge is 2.60. The highest BCUT2D eigenvalue weighted by atomic mass is 35.5. The molecule has 3 aromatic rings. The van der Waals surface area contributed by atoms with E-state index in [0.717, 1.165) is 29.8 Å². The summed E-state index contributed by atoms with van der Waals surface area (Å²) in [4.78, 5) is -0.0362. The SMILES string of the molecule is O=S(=O)(c1ccc(F)cc1)N1CC2(C1)OCc1cc(C3=NSC(c4cc(Cl)c(F)c(Cl)c4)(C(F)(F)F)C3)ccc12. The lowest BCUT2D eigenvalue weighted by Crippen LogP contribution is -2.60. The van der Waals surface area contributed by atoms with E-state index >= 15 is 0 Å². The Morgan fingerprint density at radius 3 is 2.25 bits per heavy atom. The molecule has 5 nitrogen and oxygen atoms in total. The predicted octanol–water partition coefficient (Wildman–Crippen LogP) is 7.00. The maximum Gasteiger partial charge on any atom is 0.409 e. The monoisotopic (exact) mass is 634 g/mol. The van der Waals surface area contributed by atoms with Crippen LogP contribution in [-0.4, -0.2) is 37.7 Å². The summed E-state index contributed by atoms with van der Waals surface area (Å²) in [7, 11) is -3.85. The molecular weight excluding hydrogens is 618 g/mol. The molecule has 210 valence electrons. The van der Waals surface area contributed by atoms with Crippen LogP contribution >= 0.6 is 35.1 Å². The lowest BCUT2D eigenvalue weighted by atomic mass is 9.85. The minimum Gasteiger partial charge on any atom is -0.363 e. The van der Waals surface area contributed by atoms with Crippen molar-refractivity contribution < 1.29 is 35.1 Å². The molecule has 1 saturated heterocycles. The third-order valence-corrected chi connectivity index (χ3v) is 11.0. The van der Waals surface area contributed by atoms with Crippen molar-refractivity contribution in [1.82, 2.24) is 4.31 Å². The van der Waals surface area contributed by atoms with Crippen LogP contribution in [0.2, 0.25) is 10.0 Å². The van der Waals surface area contributed by atoms with Gasteiger partial charge in [-0.15, -0.1) is 0 Å². The molecule has 1 unspecified atom stereocenters. The maximum absolute atomic E-state index is 14.4. The molecule has 40 heavy (non-hydrogen) atoms. The number of sulfonamides is 1. The molecule has 0 aromatic heterocycles. The molecule has 0 aliphatic carbocycles. The Kier molecular flexibility index (Phi) is 6.56.